The molecule has 0 radical (unpaired) electrons. The minimum atomic E-state index is -1.04. The largest absolute Gasteiger partial charge is 0.353 e. The standard InChI is InChI=1S/C16H15FN2O4/c1-7(2)8-3-9-10(4-11(8)17)16(23)19(15(9)22)12-6-18-14(21)5-13(12)20/h3-4,7,12H,5-6H2,1-2H3,(H,18,21). The molecule has 0 spiro atoms. The van der Waals surface area contributed by atoms with Crippen molar-refractivity contribution in [3.63, 3.8) is 0 Å². The van der Waals surface area contributed by atoms with Gasteiger partial charge in [0.05, 0.1) is 17.5 Å². The number of carbonyl (C=O) groups excluding carboxylic acids is 4. The number of halogens is 1. The van der Waals surface area contributed by atoms with Gasteiger partial charge in [-0.2, -0.15) is 0 Å². The second kappa shape index (κ2) is 5.26. The van der Waals surface area contributed by atoms with Gasteiger partial charge in [-0.05, 0) is 23.6 Å². The van der Waals surface area contributed by atoms with Crippen molar-refractivity contribution in [2.24, 2.45) is 0 Å². The molecule has 1 aromatic carbocycles. The van der Waals surface area contributed by atoms with Crippen LogP contribution < -0.4 is 5.32 Å². The molecule has 0 bridgehead atoms. The molecule has 6 nitrogen and oxygen atoms in total. The van der Waals surface area contributed by atoms with E-state index in [2.05, 4.69) is 5.32 Å². The number of piperidine rings is 1. The summed E-state index contributed by atoms with van der Waals surface area (Å²) >= 11 is 0. The highest BCUT2D eigenvalue weighted by Crippen LogP contribution is 2.30. The van der Waals surface area contributed by atoms with Gasteiger partial charge in [0.1, 0.15) is 11.9 Å². The number of amides is 3. The van der Waals surface area contributed by atoms with Gasteiger partial charge in [-0.1, -0.05) is 13.8 Å². The van der Waals surface area contributed by atoms with Crippen molar-refractivity contribution in [3.8, 4) is 0 Å². The van der Waals surface area contributed by atoms with Crippen LogP contribution in [0.5, 0.6) is 0 Å². The lowest BCUT2D eigenvalue weighted by Gasteiger charge is -2.28. The molecule has 2 aliphatic rings. The first-order valence-corrected chi connectivity index (χ1v) is 7.32. The van der Waals surface area contributed by atoms with E-state index < -0.39 is 35.4 Å². The molecule has 1 aromatic rings. The molecular weight excluding hydrogens is 303 g/mol. The van der Waals surface area contributed by atoms with Crippen molar-refractivity contribution in [2.45, 2.75) is 32.2 Å². The third-order valence-electron chi connectivity index (χ3n) is 4.17. The summed E-state index contributed by atoms with van der Waals surface area (Å²) < 4.78 is 14.1. The maximum atomic E-state index is 14.1. The Morgan fingerprint density at radius 3 is 2.30 bits per heavy atom. The lowest BCUT2D eigenvalue weighted by Crippen LogP contribution is -2.55. The Hall–Kier alpha value is -2.57. The Balaban J connectivity index is 2.01. The molecule has 7 heteroatoms. The molecular formula is C16H15FN2O4. The first-order valence-electron chi connectivity index (χ1n) is 7.32. The lowest BCUT2D eigenvalue weighted by molar-refractivity contribution is -0.133. The number of nitrogens with one attached hydrogen (secondary N) is 1. The summed E-state index contributed by atoms with van der Waals surface area (Å²) in [5, 5.41) is 2.47. The lowest BCUT2D eigenvalue weighted by atomic mass is 9.97. The predicted molar refractivity (Wildman–Crippen MR) is 77.4 cm³/mol. The molecule has 1 N–H and O–H groups in total. The van der Waals surface area contributed by atoms with Crippen molar-refractivity contribution >= 4 is 23.5 Å². The van der Waals surface area contributed by atoms with E-state index in [0.717, 1.165) is 11.0 Å². The summed E-state index contributed by atoms with van der Waals surface area (Å²) in [5.41, 5.74) is 0.404. The molecule has 120 valence electrons. The first kappa shape index (κ1) is 15.3. The second-order valence-electron chi connectivity index (χ2n) is 6.02. The highest BCUT2D eigenvalue weighted by atomic mass is 19.1. The van der Waals surface area contributed by atoms with Gasteiger partial charge in [-0.25, -0.2) is 4.39 Å². The number of nitrogens with zero attached hydrogens (tertiary/aromatic N) is 1. The normalized spacial score (nSPS) is 21.0. The SMILES string of the molecule is CC(C)c1cc2c(cc1F)C(=O)N(C1CNC(=O)CC1=O)C2=O. The van der Waals surface area contributed by atoms with Gasteiger partial charge in [0.2, 0.25) is 5.91 Å². The van der Waals surface area contributed by atoms with Crippen LogP contribution >= 0.6 is 0 Å². The van der Waals surface area contributed by atoms with E-state index in [1.165, 1.54) is 6.07 Å². The molecule has 1 saturated heterocycles. The fourth-order valence-corrected chi connectivity index (χ4v) is 2.92. The van der Waals surface area contributed by atoms with Crippen LogP contribution in [-0.2, 0) is 9.59 Å². The van der Waals surface area contributed by atoms with Gasteiger partial charge in [-0.15, -0.1) is 0 Å². The van der Waals surface area contributed by atoms with Gasteiger partial charge in [0.15, 0.2) is 5.78 Å². The molecule has 0 aromatic heterocycles. The van der Waals surface area contributed by atoms with Crippen LogP contribution in [0.2, 0.25) is 0 Å². The van der Waals surface area contributed by atoms with Gasteiger partial charge >= 0.3 is 0 Å². The Labute approximate surface area is 131 Å². The average molecular weight is 318 g/mol. The Bertz CT molecular complexity index is 757. The molecule has 1 fully saturated rings. The fraction of sp³-hybridized carbons (Fsp3) is 0.375. The number of hydrogen-bond donors (Lipinski definition) is 1. The van der Waals surface area contributed by atoms with Crippen molar-refractivity contribution in [3.05, 3.63) is 34.6 Å². The number of hydrogen-bond acceptors (Lipinski definition) is 4. The number of imide groups is 1. The minimum absolute atomic E-state index is 0.0402. The van der Waals surface area contributed by atoms with Crippen LogP contribution in [0.4, 0.5) is 4.39 Å². The molecule has 1 atom stereocenters. The molecule has 3 rings (SSSR count). The maximum Gasteiger partial charge on any atom is 0.262 e. The van der Waals surface area contributed by atoms with Crippen LogP contribution in [0.25, 0.3) is 0 Å². The average Bonchev–Trinajstić information content (AvgIpc) is 2.70. The number of fused-ring (bicyclic) bond motifs is 1. The van der Waals surface area contributed by atoms with Gasteiger partial charge in [0, 0.05) is 6.54 Å². The van der Waals surface area contributed by atoms with E-state index in [1.54, 1.807) is 13.8 Å². The highest BCUT2D eigenvalue weighted by molar-refractivity contribution is 6.23. The smallest absolute Gasteiger partial charge is 0.262 e. The zero-order valence-electron chi connectivity index (χ0n) is 12.7. The summed E-state index contributed by atoms with van der Waals surface area (Å²) in [6, 6.07) is 1.39. The molecule has 3 amide bonds. The van der Waals surface area contributed by atoms with Crippen LogP contribution in [-0.4, -0.2) is 41.0 Å². The molecule has 23 heavy (non-hydrogen) atoms. The van der Waals surface area contributed by atoms with Crippen LogP contribution in [0.15, 0.2) is 12.1 Å². The molecule has 0 aliphatic carbocycles. The summed E-state index contributed by atoms with van der Waals surface area (Å²) in [7, 11) is 0. The monoisotopic (exact) mass is 318 g/mol. The highest BCUT2D eigenvalue weighted by Gasteiger charge is 2.45. The topological polar surface area (TPSA) is 83.6 Å². The van der Waals surface area contributed by atoms with Crippen LogP contribution in [0.3, 0.4) is 0 Å². The number of ketones is 1. The van der Waals surface area contributed by atoms with E-state index >= 15 is 0 Å². The van der Waals surface area contributed by atoms with Crippen LogP contribution in [0, 0.1) is 5.82 Å². The zero-order valence-corrected chi connectivity index (χ0v) is 12.7. The number of benzene rings is 1. The van der Waals surface area contributed by atoms with E-state index in [4.69, 9.17) is 0 Å². The molecule has 0 saturated carbocycles. The van der Waals surface area contributed by atoms with Gasteiger partial charge < -0.3 is 5.32 Å². The van der Waals surface area contributed by atoms with Crippen LogP contribution in [0.1, 0.15) is 52.5 Å². The summed E-state index contributed by atoms with van der Waals surface area (Å²) in [4.78, 5) is 49.0. The van der Waals surface area contributed by atoms with E-state index in [-0.39, 0.29) is 30.0 Å². The third kappa shape index (κ3) is 2.32. The van der Waals surface area contributed by atoms with E-state index in [9.17, 15) is 23.6 Å². The number of Topliss-reactive ketones (excluding diaryl/α,β-unsaturated/α-hetero) is 1. The van der Waals surface area contributed by atoms with E-state index in [1.807, 2.05) is 0 Å². The molecule has 2 aliphatic heterocycles. The maximum absolute atomic E-state index is 14.1. The Kier molecular flexibility index (Phi) is 3.50. The molecule has 2 heterocycles. The van der Waals surface area contributed by atoms with Crippen molar-refractivity contribution in [2.75, 3.05) is 6.54 Å². The zero-order chi connectivity index (χ0) is 16.9. The number of carbonyl (C=O) groups is 4. The Morgan fingerprint density at radius 1 is 1.13 bits per heavy atom. The van der Waals surface area contributed by atoms with Gasteiger partial charge in [0.25, 0.3) is 11.8 Å². The predicted octanol–water partition coefficient (Wildman–Crippen LogP) is 1.00. The second-order valence-corrected chi connectivity index (χ2v) is 6.02. The fourth-order valence-electron chi connectivity index (χ4n) is 2.92. The first-order chi connectivity index (χ1) is 10.8. The third-order valence-corrected chi connectivity index (χ3v) is 4.17. The van der Waals surface area contributed by atoms with Crippen molar-refractivity contribution < 1.29 is 23.6 Å². The summed E-state index contributed by atoms with van der Waals surface area (Å²) in [6.45, 7) is 3.46. The molecule has 1 unspecified atom stereocenters. The van der Waals surface area contributed by atoms with E-state index in [0.29, 0.717) is 5.56 Å². The van der Waals surface area contributed by atoms with Crippen molar-refractivity contribution in [1.82, 2.24) is 10.2 Å². The minimum Gasteiger partial charge on any atom is -0.353 e. The number of rotatable bonds is 2. The summed E-state index contributed by atoms with van der Waals surface area (Å²) in [6.07, 6.45) is -0.371. The quantitative estimate of drug-likeness (QED) is 0.651. The summed E-state index contributed by atoms with van der Waals surface area (Å²) in [5.74, 6) is -2.95. The van der Waals surface area contributed by atoms with Crippen molar-refractivity contribution in [1.29, 1.82) is 0 Å². The van der Waals surface area contributed by atoms with Gasteiger partial charge in [-0.3, -0.25) is 24.1 Å². The Morgan fingerprint density at radius 2 is 1.74 bits per heavy atom.